The molecule has 1 saturated carbocycles. The minimum atomic E-state index is -1.25. The smallest absolute Gasteiger partial charge is 0.412 e. The maximum Gasteiger partial charge on any atom is 0.416 e. The predicted molar refractivity (Wildman–Crippen MR) is 136 cm³/mol. The minimum Gasteiger partial charge on any atom is -0.412 e. The zero-order chi connectivity index (χ0) is 25.7. The summed E-state index contributed by atoms with van der Waals surface area (Å²) in [5.74, 6) is -1.62. The summed E-state index contributed by atoms with van der Waals surface area (Å²) in [5, 5.41) is 11.1. The van der Waals surface area contributed by atoms with Crippen molar-refractivity contribution in [2.24, 2.45) is 0 Å². The first-order valence-electron chi connectivity index (χ1n) is 12.2. The van der Waals surface area contributed by atoms with Crippen molar-refractivity contribution in [2.45, 2.75) is 68.4 Å². The third-order valence-corrected chi connectivity index (χ3v) is 9.25. The Morgan fingerprint density at radius 3 is 2.58 bits per heavy atom. The maximum absolute atomic E-state index is 15.7. The molecule has 2 atom stereocenters. The van der Waals surface area contributed by atoms with Gasteiger partial charge >= 0.3 is 5.76 Å². The van der Waals surface area contributed by atoms with Crippen LogP contribution in [0.2, 0.25) is 0 Å². The summed E-state index contributed by atoms with van der Waals surface area (Å²) < 4.78 is 38.6. The molecule has 1 saturated heterocycles. The molecule has 0 spiro atoms. The van der Waals surface area contributed by atoms with Gasteiger partial charge in [-0.15, -0.1) is 0 Å². The molecule has 1 aromatic heterocycles. The van der Waals surface area contributed by atoms with Gasteiger partial charge < -0.3 is 9.52 Å². The normalized spacial score (nSPS) is 28.6. The third-order valence-electron chi connectivity index (χ3n) is 7.73. The fourth-order valence-electron chi connectivity index (χ4n) is 5.45. The highest BCUT2D eigenvalue weighted by molar-refractivity contribution is 7.97. The quantitative estimate of drug-likeness (QED) is 0.313. The summed E-state index contributed by atoms with van der Waals surface area (Å²) in [6.45, 7) is 7.89. The van der Waals surface area contributed by atoms with Gasteiger partial charge in [0.15, 0.2) is 0 Å². The van der Waals surface area contributed by atoms with Crippen LogP contribution in [-0.4, -0.2) is 26.0 Å². The summed E-state index contributed by atoms with van der Waals surface area (Å²) in [5.41, 5.74) is -0.321. The Morgan fingerprint density at radius 2 is 1.94 bits per heavy atom. The molecular formula is C28H30F2N2O3S. The molecule has 1 aliphatic heterocycles. The van der Waals surface area contributed by atoms with Crippen LogP contribution >= 0.6 is 11.9 Å². The average Bonchev–Trinajstić information content (AvgIpc) is 3.27. The molecule has 8 heteroatoms. The summed E-state index contributed by atoms with van der Waals surface area (Å²) in [7, 11) is 0. The second-order valence-electron chi connectivity index (χ2n) is 10.2. The first-order valence-corrected chi connectivity index (χ1v) is 13.0. The van der Waals surface area contributed by atoms with E-state index in [2.05, 4.69) is 34.9 Å². The number of hydrogen-bond acceptors (Lipinski definition) is 5. The molecule has 0 amide bonds. The number of aliphatic hydroxyl groups is 1. The monoisotopic (exact) mass is 512 g/mol. The van der Waals surface area contributed by atoms with E-state index in [9.17, 15) is 9.90 Å². The van der Waals surface area contributed by atoms with Gasteiger partial charge in [-0.3, -0.25) is 4.98 Å². The number of aromatic amines is 1. The van der Waals surface area contributed by atoms with Crippen molar-refractivity contribution in [1.82, 2.24) is 9.29 Å². The third kappa shape index (κ3) is 4.35. The number of H-pyrrole nitrogens is 1. The molecule has 2 aliphatic rings. The Kier molecular flexibility index (Phi) is 6.47. The van der Waals surface area contributed by atoms with Gasteiger partial charge in [0.25, 0.3) is 0 Å². The van der Waals surface area contributed by atoms with Gasteiger partial charge in [0.2, 0.25) is 0 Å². The average molecular weight is 513 g/mol. The Hall–Kier alpha value is -2.68. The second-order valence-corrected chi connectivity index (χ2v) is 11.5. The van der Waals surface area contributed by atoms with Crippen molar-refractivity contribution >= 4 is 11.9 Å². The highest BCUT2D eigenvalue weighted by atomic mass is 32.2. The van der Waals surface area contributed by atoms with Crippen molar-refractivity contribution < 1.29 is 18.3 Å². The van der Waals surface area contributed by atoms with Gasteiger partial charge in [0.1, 0.15) is 17.4 Å². The van der Waals surface area contributed by atoms with Crippen LogP contribution in [0.25, 0.3) is 0 Å². The van der Waals surface area contributed by atoms with Gasteiger partial charge in [0.05, 0.1) is 11.0 Å². The second kappa shape index (κ2) is 9.32. The SMILES string of the molecule is C=C(C)C1(O)CC(c2c[nH]c(=O)o2)(c2cc(F)c(CN3S[C@@H](c4ccccc4)CC[C@@H]3C)cc2F)C1. The lowest BCUT2D eigenvalue weighted by atomic mass is 9.53. The van der Waals surface area contributed by atoms with E-state index in [0.29, 0.717) is 5.57 Å². The molecule has 1 aliphatic carbocycles. The molecule has 36 heavy (non-hydrogen) atoms. The van der Waals surface area contributed by atoms with Crippen molar-refractivity contribution in [3.63, 3.8) is 0 Å². The molecule has 3 aromatic rings. The van der Waals surface area contributed by atoms with Gasteiger partial charge in [-0.2, -0.15) is 0 Å². The van der Waals surface area contributed by atoms with E-state index >= 15 is 8.78 Å². The standard InChI is InChI=1S/C28H30F2N2O3S/c1-17(2)28(34)15-27(16-28,25-13-31-26(33)35-25)21-12-22(29)20(11-23(21)30)14-32-18(3)9-10-24(36-32)19-7-5-4-6-8-19/h4-8,11-13,18,24,34H,1,9-10,14-16H2,2-3H3,(H,31,33)/t18-,24+,27?,28?/m0/s1. The van der Waals surface area contributed by atoms with Crippen LogP contribution in [0, 0.1) is 11.6 Å². The Morgan fingerprint density at radius 1 is 1.22 bits per heavy atom. The molecule has 5 nitrogen and oxygen atoms in total. The molecule has 0 unspecified atom stereocenters. The van der Waals surface area contributed by atoms with Crippen LogP contribution in [0.4, 0.5) is 8.78 Å². The number of rotatable bonds is 6. The summed E-state index contributed by atoms with van der Waals surface area (Å²) >= 11 is 1.68. The summed E-state index contributed by atoms with van der Waals surface area (Å²) in [6, 6.07) is 12.9. The van der Waals surface area contributed by atoms with Crippen molar-refractivity contribution in [2.75, 3.05) is 0 Å². The Balaban J connectivity index is 1.44. The van der Waals surface area contributed by atoms with E-state index in [1.807, 2.05) is 18.2 Å². The van der Waals surface area contributed by atoms with E-state index in [4.69, 9.17) is 4.42 Å². The van der Waals surface area contributed by atoms with Crippen molar-refractivity contribution in [1.29, 1.82) is 0 Å². The predicted octanol–water partition coefficient (Wildman–Crippen LogP) is 6.01. The largest absolute Gasteiger partial charge is 0.416 e. The Labute approximate surface area is 213 Å². The number of nitrogens with one attached hydrogen (secondary N) is 1. The maximum atomic E-state index is 15.7. The molecule has 2 N–H and O–H groups in total. The van der Waals surface area contributed by atoms with Gasteiger partial charge in [-0.05, 0) is 62.8 Å². The summed E-state index contributed by atoms with van der Waals surface area (Å²) in [6.07, 6.45) is 3.44. The Bertz CT molecular complexity index is 1330. The molecule has 2 fully saturated rings. The molecule has 2 heterocycles. The van der Waals surface area contributed by atoms with E-state index in [0.717, 1.165) is 12.8 Å². The summed E-state index contributed by atoms with van der Waals surface area (Å²) in [4.78, 5) is 14.2. The fourth-order valence-corrected chi connectivity index (χ4v) is 6.83. The van der Waals surface area contributed by atoms with Crippen molar-refractivity contribution in [3.05, 3.63) is 105 Å². The van der Waals surface area contributed by atoms with Crippen LogP contribution in [-0.2, 0) is 12.0 Å². The molecular weight excluding hydrogens is 482 g/mol. The molecule has 0 bridgehead atoms. The number of nitrogens with zero attached hydrogens (tertiary/aromatic N) is 1. The number of halogens is 2. The number of hydrogen-bond donors (Lipinski definition) is 2. The lowest BCUT2D eigenvalue weighted by Crippen LogP contribution is -2.56. The highest BCUT2D eigenvalue weighted by Gasteiger charge is 2.59. The molecule has 0 radical (unpaired) electrons. The number of oxazole rings is 1. The van der Waals surface area contributed by atoms with E-state index in [1.54, 1.807) is 18.9 Å². The molecule has 5 rings (SSSR count). The molecule has 190 valence electrons. The lowest BCUT2D eigenvalue weighted by molar-refractivity contribution is -0.0531. The van der Waals surface area contributed by atoms with Crippen molar-refractivity contribution in [3.8, 4) is 0 Å². The lowest BCUT2D eigenvalue weighted by Gasteiger charge is -2.52. The fraction of sp³-hybridized carbons (Fsp3) is 0.393. The van der Waals surface area contributed by atoms with Gasteiger partial charge in [-0.1, -0.05) is 48.9 Å². The van der Waals surface area contributed by atoms with Gasteiger partial charge in [-0.25, -0.2) is 17.9 Å². The zero-order valence-electron chi connectivity index (χ0n) is 20.4. The first kappa shape index (κ1) is 25.0. The van der Waals surface area contributed by atoms with Crippen LogP contribution in [0.1, 0.15) is 67.2 Å². The minimum absolute atomic E-state index is 0.0452. The van der Waals surface area contributed by atoms with Gasteiger partial charge in [0, 0.05) is 35.2 Å². The van der Waals surface area contributed by atoms with E-state index in [-0.39, 0.29) is 47.6 Å². The zero-order valence-corrected chi connectivity index (χ0v) is 21.2. The number of aromatic nitrogens is 1. The van der Waals surface area contributed by atoms with Crippen LogP contribution in [0.5, 0.6) is 0 Å². The van der Waals surface area contributed by atoms with Crippen LogP contribution in [0.15, 0.2) is 70.0 Å². The van der Waals surface area contributed by atoms with Crippen LogP contribution < -0.4 is 5.76 Å². The number of benzene rings is 2. The topological polar surface area (TPSA) is 69.5 Å². The van der Waals surface area contributed by atoms with E-state index < -0.39 is 28.4 Å². The van der Waals surface area contributed by atoms with E-state index in [1.165, 1.54) is 23.9 Å². The van der Waals surface area contributed by atoms with Crippen LogP contribution in [0.3, 0.4) is 0 Å². The first-order chi connectivity index (χ1) is 17.1. The highest BCUT2D eigenvalue weighted by Crippen LogP contribution is 2.57. The molecule has 2 aromatic carbocycles.